The summed E-state index contributed by atoms with van der Waals surface area (Å²) in [6.07, 6.45) is 0. The lowest BCUT2D eigenvalue weighted by Gasteiger charge is -2.27. The number of rotatable bonds is 6. The van der Waals surface area contributed by atoms with E-state index in [4.69, 9.17) is 4.74 Å². The number of methoxy groups -OCH3 is 1. The molecule has 6 heteroatoms. The predicted octanol–water partition coefficient (Wildman–Crippen LogP) is 2.34. The van der Waals surface area contributed by atoms with Gasteiger partial charge in [-0.3, -0.25) is 0 Å². The second-order valence-corrected chi connectivity index (χ2v) is 4.90. The first-order valence-corrected chi connectivity index (χ1v) is 6.92. The summed E-state index contributed by atoms with van der Waals surface area (Å²) in [5.41, 5.74) is 1.21. The van der Waals surface area contributed by atoms with Gasteiger partial charge >= 0.3 is 6.01 Å². The van der Waals surface area contributed by atoms with Crippen LogP contribution in [-0.2, 0) is 6.54 Å². The van der Waals surface area contributed by atoms with Crippen LogP contribution in [0.3, 0.4) is 0 Å². The molecule has 1 heterocycles. The molecule has 0 spiro atoms. The monoisotopic (exact) mass is 287 g/mol. The van der Waals surface area contributed by atoms with E-state index in [0.717, 1.165) is 6.54 Å². The zero-order valence-electron chi connectivity index (χ0n) is 12.9. The number of ether oxygens (including phenoxy) is 1. The summed E-state index contributed by atoms with van der Waals surface area (Å²) >= 11 is 0. The molecule has 0 bridgehead atoms. The molecule has 0 unspecified atom stereocenters. The summed E-state index contributed by atoms with van der Waals surface area (Å²) in [5, 5.41) is 2.93. The second-order valence-electron chi connectivity index (χ2n) is 4.90. The van der Waals surface area contributed by atoms with Crippen LogP contribution in [0.1, 0.15) is 19.4 Å². The van der Waals surface area contributed by atoms with Crippen LogP contribution in [0.2, 0.25) is 0 Å². The first-order chi connectivity index (χ1) is 10.1. The number of hydrogen-bond acceptors (Lipinski definition) is 6. The summed E-state index contributed by atoms with van der Waals surface area (Å²) in [6, 6.07) is 10.8. The minimum Gasteiger partial charge on any atom is -0.467 e. The van der Waals surface area contributed by atoms with Crippen molar-refractivity contribution in [2.45, 2.75) is 26.4 Å². The van der Waals surface area contributed by atoms with Crippen molar-refractivity contribution in [2.24, 2.45) is 0 Å². The predicted molar refractivity (Wildman–Crippen MR) is 83.7 cm³/mol. The molecule has 0 radical (unpaired) electrons. The molecule has 0 fully saturated rings. The second kappa shape index (κ2) is 6.88. The highest BCUT2D eigenvalue weighted by Crippen LogP contribution is 2.19. The Labute approximate surface area is 125 Å². The van der Waals surface area contributed by atoms with E-state index in [9.17, 15) is 0 Å². The quantitative estimate of drug-likeness (QED) is 0.880. The van der Waals surface area contributed by atoms with Gasteiger partial charge in [0.25, 0.3) is 0 Å². The van der Waals surface area contributed by atoms with E-state index in [1.54, 1.807) is 14.2 Å². The molecule has 1 aromatic carbocycles. The lowest BCUT2D eigenvalue weighted by molar-refractivity contribution is 0.378. The molecule has 2 aromatic rings. The summed E-state index contributed by atoms with van der Waals surface area (Å²) < 4.78 is 5.15. The van der Waals surface area contributed by atoms with Crippen molar-refractivity contribution in [2.75, 3.05) is 24.4 Å². The van der Waals surface area contributed by atoms with Gasteiger partial charge in [0, 0.05) is 19.6 Å². The summed E-state index contributed by atoms with van der Waals surface area (Å²) in [6.45, 7) is 4.95. The van der Waals surface area contributed by atoms with E-state index in [1.807, 2.05) is 18.2 Å². The Morgan fingerprint density at radius 1 is 1.14 bits per heavy atom. The van der Waals surface area contributed by atoms with Gasteiger partial charge in [0.15, 0.2) is 0 Å². The van der Waals surface area contributed by atoms with Gasteiger partial charge in [-0.25, -0.2) is 0 Å². The fraction of sp³-hybridized carbons (Fsp3) is 0.400. The van der Waals surface area contributed by atoms with Crippen molar-refractivity contribution in [1.82, 2.24) is 15.0 Å². The van der Waals surface area contributed by atoms with Crippen LogP contribution in [0.25, 0.3) is 0 Å². The lowest BCUT2D eigenvalue weighted by Crippen LogP contribution is -2.32. The first kappa shape index (κ1) is 15.0. The molecule has 112 valence electrons. The molecule has 0 atom stereocenters. The number of anilines is 2. The Bertz CT molecular complexity index is 551. The minimum absolute atomic E-state index is 0.252. The van der Waals surface area contributed by atoms with Crippen molar-refractivity contribution < 1.29 is 4.74 Å². The van der Waals surface area contributed by atoms with Gasteiger partial charge in [-0.15, -0.1) is 0 Å². The average Bonchev–Trinajstić information content (AvgIpc) is 2.52. The summed E-state index contributed by atoms with van der Waals surface area (Å²) in [7, 11) is 3.32. The molecular weight excluding hydrogens is 266 g/mol. The smallest absolute Gasteiger partial charge is 0.322 e. The normalized spacial score (nSPS) is 10.5. The van der Waals surface area contributed by atoms with Gasteiger partial charge in [0.2, 0.25) is 11.9 Å². The number of aromatic nitrogens is 3. The number of benzene rings is 1. The Kier molecular flexibility index (Phi) is 4.92. The number of nitrogens with one attached hydrogen (secondary N) is 1. The zero-order chi connectivity index (χ0) is 15.2. The average molecular weight is 287 g/mol. The van der Waals surface area contributed by atoms with E-state index >= 15 is 0 Å². The molecule has 1 N–H and O–H groups in total. The zero-order valence-corrected chi connectivity index (χ0v) is 12.9. The molecule has 0 amide bonds. The van der Waals surface area contributed by atoms with Crippen LogP contribution in [0.5, 0.6) is 6.01 Å². The minimum atomic E-state index is 0.252. The maximum Gasteiger partial charge on any atom is 0.322 e. The van der Waals surface area contributed by atoms with Crippen molar-refractivity contribution in [3.63, 3.8) is 0 Å². The molecule has 1 aromatic heterocycles. The standard InChI is InChI=1S/C15H21N5O/c1-11(2)20(10-12-8-6-5-7-9-12)14-17-13(16-3)18-15(19-14)21-4/h5-9,11H,10H2,1-4H3,(H,16,17,18,19). The topological polar surface area (TPSA) is 63.2 Å². The van der Waals surface area contributed by atoms with Gasteiger partial charge in [-0.05, 0) is 19.4 Å². The van der Waals surface area contributed by atoms with Gasteiger partial charge in [-0.2, -0.15) is 15.0 Å². The highest BCUT2D eigenvalue weighted by atomic mass is 16.5. The Balaban J connectivity index is 2.33. The third kappa shape index (κ3) is 3.81. The van der Waals surface area contributed by atoms with Crippen LogP contribution >= 0.6 is 0 Å². The van der Waals surface area contributed by atoms with Gasteiger partial charge in [-0.1, -0.05) is 30.3 Å². The Morgan fingerprint density at radius 3 is 2.43 bits per heavy atom. The highest BCUT2D eigenvalue weighted by Gasteiger charge is 2.17. The first-order valence-electron chi connectivity index (χ1n) is 6.92. The molecule has 0 aliphatic heterocycles. The molecule has 2 rings (SSSR count). The maximum absolute atomic E-state index is 5.15. The van der Waals surface area contributed by atoms with Crippen molar-refractivity contribution in [3.05, 3.63) is 35.9 Å². The van der Waals surface area contributed by atoms with E-state index in [-0.39, 0.29) is 6.04 Å². The van der Waals surface area contributed by atoms with Gasteiger partial charge in [0.1, 0.15) is 0 Å². The summed E-state index contributed by atoms with van der Waals surface area (Å²) in [4.78, 5) is 15.0. The third-order valence-electron chi connectivity index (χ3n) is 3.09. The van der Waals surface area contributed by atoms with E-state index < -0.39 is 0 Å². The fourth-order valence-electron chi connectivity index (χ4n) is 1.94. The number of hydrogen-bond donors (Lipinski definition) is 1. The molecular formula is C15H21N5O. The van der Waals surface area contributed by atoms with Crippen LogP contribution < -0.4 is 15.0 Å². The molecule has 21 heavy (non-hydrogen) atoms. The van der Waals surface area contributed by atoms with Crippen LogP contribution in [0.4, 0.5) is 11.9 Å². The summed E-state index contributed by atoms with van der Waals surface area (Å²) in [5.74, 6) is 1.10. The molecule has 0 aliphatic carbocycles. The third-order valence-corrected chi connectivity index (χ3v) is 3.09. The maximum atomic E-state index is 5.15. The molecule has 0 saturated heterocycles. The number of nitrogens with zero attached hydrogens (tertiary/aromatic N) is 4. The highest BCUT2D eigenvalue weighted by molar-refractivity contribution is 5.40. The van der Waals surface area contributed by atoms with E-state index in [0.29, 0.717) is 17.9 Å². The van der Waals surface area contributed by atoms with E-state index in [2.05, 4.69) is 51.1 Å². The van der Waals surface area contributed by atoms with Crippen molar-refractivity contribution in [1.29, 1.82) is 0 Å². The van der Waals surface area contributed by atoms with Crippen molar-refractivity contribution in [3.8, 4) is 6.01 Å². The SMILES string of the molecule is CNc1nc(OC)nc(N(Cc2ccccc2)C(C)C)n1. The van der Waals surface area contributed by atoms with E-state index in [1.165, 1.54) is 5.56 Å². The molecule has 0 aliphatic rings. The largest absolute Gasteiger partial charge is 0.467 e. The Morgan fingerprint density at radius 2 is 1.86 bits per heavy atom. The molecule has 6 nitrogen and oxygen atoms in total. The van der Waals surface area contributed by atoms with Crippen molar-refractivity contribution >= 4 is 11.9 Å². The molecule has 0 saturated carbocycles. The van der Waals surface area contributed by atoms with Crippen LogP contribution in [-0.4, -0.2) is 35.2 Å². The van der Waals surface area contributed by atoms with Crippen LogP contribution in [0, 0.1) is 0 Å². The Hall–Kier alpha value is -2.37. The van der Waals surface area contributed by atoms with Crippen LogP contribution in [0.15, 0.2) is 30.3 Å². The fourth-order valence-corrected chi connectivity index (χ4v) is 1.94. The van der Waals surface area contributed by atoms with Gasteiger partial charge < -0.3 is 15.0 Å². The lowest BCUT2D eigenvalue weighted by atomic mass is 10.2. The van der Waals surface area contributed by atoms with Gasteiger partial charge in [0.05, 0.1) is 7.11 Å².